The zero-order valence-electron chi connectivity index (χ0n) is 20.5. The van der Waals surface area contributed by atoms with E-state index in [-0.39, 0.29) is 52.1 Å². The molecule has 0 spiro atoms. The van der Waals surface area contributed by atoms with Crippen LogP contribution < -0.4 is 0 Å². The maximum Gasteiger partial charge on any atom is 0.193 e. The van der Waals surface area contributed by atoms with Crippen molar-refractivity contribution in [2.75, 3.05) is 13.2 Å². The standard InChI is InChI=1S/C25H44O4Si/c1-10-11-17-20(15-26)24(7)13-12-18-19(14-24)25(21(17)27,16-28-23(18,5)6)29-30(8,9)22(2,3)4/h10,17-20,26H,1,11-16H2,2-9H3/t17-,18?,19?,20-,24-,25-/m0/s1. The maximum absolute atomic E-state index is 14.4. The molecule has 1 heterocycles. The number of ketones is 1. The molecule has 5 heteroatoms. The van der Waals surface area contributed by atoms with Gasteiger partial charge in [0.2, 0.25) is 0 Å². The molecule has 2 saturated carbocycles. The summed E-state index contributed by atoms with van der Waals surface area (Å²) in [6.07, 6.45) is 5.38. The van der Waals surface area contributed by atoms with Crippen LogP contribution in [-0.2, 0) is 14.0 Å². The molecule has 2 aliphatic carbocycles. The van der Waals surface area contributed by atoms with Gasteiger partial charge in [0, 0.05) is 18.4 Å². The Hall–Kier alpha value is -0.493. The number of allylic oxidation sites excluding steroid dienone is 1. The van der Waals surface area contributed by atoms with Gasteiger partial charge in [-0.2, -0.15) is 0 Å². The van der Waals surface area contributed by atoms with Crippen molar-refractivity contribution in [3.8, 4) is 0 Å². The van der Waals surface area contributed by atoms with Gasteiger partial charge in [-0.3, -0.25) is 4.79 Å². The molecular formula is C25H44O4Si. The summed E-state index contributed by atoms with van der Waals surface area (Å²) in [5, 5.41) is 10.4. The summed E-state index contributed by atoms with van der Waals surface area (Å²) in [5.74, 6) is 0.246. The van der Waals surface area contributed by atoms with Crippen LogP contribution in [0.2, 0.25) is 18.1 Å². The maximum atomic E-state index is 14.4. The summed E-state index contributed by atoms with van der Waals surface area (Å²) in [6, 6.07) is 0. The Labute approximate surface area is 184 Å². The lowest BCUT2D eigenvalue weighted by atomic mass is 9.55. The molecule has 172 valence electrons. The van der Waals surface area contributed by atoms with Crippen LogP contribution in [0.3, 0.4) is 0 Å². The number of ether oxygens (including phenoxy) is 1. The fourth-order valence-electron chi connectivity index (χ4n) is 6.40. The van der Waals surface area contributed by atoms with Crippen molar-refractivity contribution in [3.05, 3.63) is 12.7 Å². The molecule has 2 unspecified atom stereocenters. The van der Waals surface area contributed by atoms with E-state index in [1.807, 2.05) is 6.08 Å². The van der Waals surface area contributed by atoms with Gasteiger partial charge in [0.05, 0.1) is 12.2 Å². The molecule has 3 aliphatic rings. The normalized spacial score (nSPS) is 41.3. The van der Waals surface area contributed by atoms with Gasteiger partial charge in [-0.05, 0) is 74.9 Å². The molecule has 0 radical (unpaired) electrons. The number of aliphatic hydroxyl groups excluding tert-OH is 1. The van der Waals surface area contributed by atoms with Gasteiger partial charge in [0.25, 0.3) is 0 Å². The first-order valence-corrected chi connectivity index (χ1v) is 14.7. The van der Waals surface area contributed by atoms with Crippen LogP contribution in [0.15, 0.2) is 12.7 Å². The van der Waals surface area contributed by atoms with Crippen molar-refractivity contribution in [1.82, 2.24) is 0 Å². The first-order valence-electron chi connectivity index (χ1n) is 11.8. The molecular weight excluding hydrogens is 392 g/mol. The second-order valence-electron chi connectivity index (χ2n) is 12.5. The Morgan fingerprint density at radius 2 is 1.90 bits per heavy atom. The SMILES string of the molecule is C=CC[C@@H]1C(=O)[C@]2(O[Si](C)(C)C(C)(C)C)COC(C)(C)C3CC[C@@](C)(CC32)[C@H]1CO. The molecule has 6 atom stereocenters. The number of hydrogen-bond donors (Lipinski definition) is 1. The van der Waals surface area contributed by atoms with E-state index in [4.69, 9.17) is 9.16 Å². The Kier molecular flexibility index (Phi) is 6.07. The fourth-order valence-corrected chi connectivity index (χ4v) is 7.93. The van der Waals surface area contributed by atoms with Crippen molar-refractivity contribution >= 4 is 14.1 Å². The summed E-state index contributed by atoms with van der Waals surface area (Å²) in [5.41, 5.74) is -1.24. The van der Waals surface area contributed by atoms with E-state index in [9.17, 15) is 9.90 Å². The number of rotatable bonds is 5. The molecule has 0 amide bonds. The van der Waals surface area contributed by atoms with Crippen LogP contribution in [0.5, 0.6) is 0 Å². The third-order valence-corrected chi connectivity index (χ3v) is 13.8. The molecule has 0 aromatic rings. The monoisotopic (exact) mass is 436 g/mol. The van der Waals surface area contributed by atoms with Crippen LogP contribution in [0, 0.1) is 29.1 Å². The highest BCUT2D eigenvalue weighted by atomic mass is 28.4. The quantitative estimate of drug-likeness (QED) is 0.465. The molecule has 0 aromatic carbocycles. The van der Waals surface area contributed by atoms with E-state index in [0.717, 1.165) is 19.3 Å². The first kappa shape index (κ1) is 24.2. The minimum atomic E-state index is -2.25. The third-order valence-electron chi connectivity index (χ3n) is 9.34. The van der Waals surface area contributed by atoms with Gasteiger partial charge in [0.15, 0.2) is 14.1 Å². The van der Waals surface area contributed by atoms with Crippen LogP contribution in [0.4, 0.5) is 0 Å². The molecule has 2 bridgehead atoms. The summed E-state index contributed by atoms with van der Waals surface area (Å²) < 4.78 is 13.6. The highest BCUT2D eigenvalue weighted by Crippen LogP contribution is 2.62. The van der Waals surface area contributed by atoms with Crippen LogP contribution >= 0.6 is 0 Å². The van der Waals surface area contributed by atoms with Gasteiger partial charge in [-0.25, -0.2) is 0 Å². The number of Topliss-reactive ketones (excluding diaryl/α,β-unsaturated/α-hetero) is 1. The highest BCUT2D eigenvalue weighted by Gasteiger charge is 2.67. The molecule has 1 aliphatic heterocycles. The zero-order valence-corrected chi connectivity index (χ0v) is 21.5. The van der Waals surface area contributed by atoms with Crippen molar-refractivity contribution in [2.24, 2.45) is 29.1 Å². The molecule has 1 saturated heterocycles. The van der Waals surface area contributed by atoms with Crippen LogP contribution in [0.25, 0.3) is 0 Å². The minimum Gasteiger partial charge on any atom is -0.402 e. The molecule has 0 aromatic heterocycles. The Bertz CT molecular complexity index is 694. The zero-order chi connectivity index (χ0) is 22.8. The van der Waals surface area contributed by atoms with E-state index in [2.05, 4.69) is 61.2 Å². The number of fused-ring (bicyclic) bond motifs is 1. The summed E-state index contributed by atoms with van der Waals surface area (Å²) >= 11 is 0. The predicted octanol–water partition coefficient (Wildman–Crippen LogP) is 5.36. The lowest BCUT2D eigenvalue weighted by Gasteiger charge is -2.59. The molecule has 3 rings (SSSR count). The van der Waals surface area contributed by atoms with E-state index < -0.39 is 13.9 Å². The van der Waals surface area contributed by atoms with Gasteiger partial charge in [0.1, 0.15) is 5.60 Å². The highest BCUT2D eigenvalue weighted by molar-refractivity contribution is 6.74. The average Bonchev–Trinajstić information content (AvgIpc) is 2.67. The second kappa shape index (κ2) is 7.53. The van der Waals surface area contributed by atoms with E-state index >= 15 is 0 Å². The molecule has 1 N–H and O–H groups in total. The smallest absolute Gasteiger partial charge is 0.193 e. The summed E-state index contributed by atoms with van der Waals surface area (Å²) in [6.45, 7) is 22.1. The number of aliphatic hydroxyl groups is 1. The predicted molar refractivity (Wildman–Crippen MR) is 124 cm³/mol. The van der Waals surface area contributed by atoms with Gasteiger partial charge in [-0.1, -0.05) is 33.8 Å². The average molecular weight is 437 g/mol. The summed E-state index contributed by atoms with van der Waals surface area (Å²) in [4.78, 5) is 14.4. The topological polar surface area (TPSA) is 55.8 Å². The Morgan fingerprint density at radius 3 is 2.43 bits per heavy atom. The van der Waals surface area contributed by atoms with Crippen molar-refractivity contribution in [3.63, 3.8) is 0 Å². The van der Waals surface area contributed by atoms with E-state index in [1.165, 1.54) is 0 Å². The van der Waals surface area contributed by atoms with Gasteiger partial charge in [-0.15, -0.1) is 6.58 Å². The lowest BCUT2D eigenvalue weighted by Crippen LogP contribution is -2.68. The number of carbonyl (C=O) groups excluding carboxylic acids is 1. The third kappa shape index (κ3) is 3.58. The largest absolute Gasteiger partial charge is 0.402 e. The van der Waals surface area contributed by atoms with Gasteiger partial charge >= 0.3 is 0 Å². The molecule has 4 nitrogen and oxygen atoms in total. The molecule has 30 heavy (non-hydrogen) atoms. The van der Waals surface area contributed by atoms with Crippen LogP contribution in [0.1, 0.15) is 67.2 Å². The summed E-state index contributed by atoms with van der Waals surface area (Å²) in [7, 11) is -2.25. The Balaban J connectivity index is 2.20. The minimum absolute atomic E-state index is 0.000913. The van der Waals surface area contributed by atoms with E-state index in [1.54, 1.807) is 0 Å². The second-order valence-corrected chi connectivity index (χ2v) is 17.3. The fraction of sp³-hybridized carbons (Fsp3) is 0.880. The van der Waals surface area contributed by atoms with Crippen LogP contribution in [-0.4, -0.2) is 43.6 Å². The first-order chi connectivity index (χ1) is 13.7. The Morgan fingerprint density at radius 1 is 1.27 bits per heavy atom. The van der Waals surface area contributed by atoms with Gasteiger partial charge < -0.3 is 14.3 Å². The number of hydrogen-bond acceptors (Lipinski definition) is 4. The van der Waals surface area contributed by atoms with Crippen molar-refractivity contribution < 1.29 is 19.1 Å². The lowest BCUT2D eigenvalue weighted by molar-refractivity contribution is -0.225. The van der Waals surface area contributed by atoms with E-state index in [0.29, 0.717) is 13.0 Å². The molecule has 3 fully saturated rings. The van der Waals surface area contributed by atoms with Crippen molar-refractivity contribution in [2.45, 2.75) is 96.6 Å². The van der Waals surface area contributed by atoms with Crippen molar-refractivity contribution in [1.29, 1.82) is 0 Å². The number of carbonyl (C=O) groups is 1.